The maximum atomic E-state index is 9.94. The van der Waals surface area contributed by atoms with E-state index in [0.717, 1.165) is 14.9 Å². The minimum absolute atomic E-state index is 0.462. The van der Waals surface area contributed by atoms with E-state index in [0.29, 0.717) is 6.42 Å². The fraction of sp³-hybridized carbons (Fsp3) is 0.182. The lowest BCUT2D eigenvalue weighted by atomic mass is 10.1. The molecule has 1 heterocycles. The van der Waals surface area contributed by atoms with Crippen LogP contribution in [0.25, 0.3) is 0 Å². The standard InChI is InChI=1S/C11H10BrNOS/c12-9-4-2-1-3-8(9)5-10(14)11-6-13-7-15-11/h1-4,6-7,10,14H,5H2. The van der Waals surface area contributed by atoms with Crippen LogP contribution in [-0.2, 0) is 6.42 Å². The van der Waals surface area contributed by atoms with Gasteiger partial charge in [0.25, 0.3) is 0 Å². The van der Waals surface area contributed by atoms with Crippen LogP contribution in [0.4, 0.5) is 0 Å². The molecule has 0 aliphatic rings. The van der Waals surface area contributed by atoms with Gasteiger partial charge in [-0.1, -0.05) is 34.1 Å². The Balaban J connectivity index is 2.13. The Labute approximate surface area is 101 Å². The van der Waals surface area contributed by atoms with Crippen molar-refractivity contribution < 1.29 is 5.11 Å². The predicted octanol–water partition coefficient (Wildman–Crippen LogP) is 3.18. The lowest BCUT2D eigenvalue weighted by Crippen LogP contribution is -2.00. The first-order valence-electron chi connectivity index (χ1n) is 4.57. The van der Waals surface area contributed by atoms with Crippen LogP contribution in [0.2, 0.25) is 0 Å². The molecule has 0 aliphatic heterocycles. The van der Waals surface area contributed by atoms with E-state index in [9.17, 15) is 5.11 Å². The second-order valence-electron chi connectivity index (χ2n) is 3.22. The van der Waals surface area contributed by atoms with Gasteiger partial charge in [0.05, 0.1) is 16.5 Å². The number of thiazole rings is 1. The zero-order valence-electron chi connectivity index (χ0n) is 7.93. The van der Waals surface area contributed by atoms with Crippen LogP contribution >= 0.6 is 27.3 Å². The lowest BCUT2D eigenvalue weighted by Gasteiger charge is -2.09. The van der Waals surface area contributed by atoms with E-state index in [1.165, 1.54) is 11.3 Å². The summed E-state index contributed by atoms with van der Waals surface area (Å²) in [6.45, 7) is 0. The monoisotopic (exact) mass is 283 g/mol. The number of hydrogen-bond donors (Lipinski definition) is 1. The lowest BCUT2D eigenvalue weighted by molar-refractivity contribution is 0.182. The number of aliphatic hydroxyl groups excluding tert-OH is 1. The first kappa shape index (κ1) is 10.8. The highest BCUT2D eigenvalue weighted by molar-refractivity contribution is 9.10. The number of benzene rings is 1. The van der Waals surface area contributed by atoms with E-state index in [2.05, 4.69) is 20.9 Å². The quantitative estimate of drug-likeness (QED) is 0.939. The van der Waals surface area contributed by atoms with E-state index >= 15 is 0 Å². The van der Waals surface area contributed by atoms with Gasteiger partial charge in [0.15, 0.2) is 0 Å². The molecule has 1 atom stereocenters. The molecule has 0 radical (unpaired) electrons. The van der Waals surface area contributed by atoms with Crippen molar-refractivity contribution in [1.82, 2.24) is 4.98 Å². The van der Waals surface area contributed by atoms with E-state index in [-0.39, 0.29) is 0 Å². The summed E-state index contributed by atoms with van der Waals surface area (Å²) in [6, 6.07) is 7.93. The summed E-state index contributed by atoms with van der Waals surface area (Å²) >= 11 is 4.94. The van der Waals surface area contributed by atoms with E-state index in [4.69, 9.17) is 0 Å². The van der Waals surface area contributed by atoms with Gasteiger partial charge in [-0.15, -0.1) is 11.3 Å². The van der Waals surface area contributed by atoms with Gasteiger partial charge in [0.2, 0.25) is 0 Å². The highest BCUT2D eigenvalue weighted by atomic mass is 79.9. The minimum atomic E-state index is -0.462. The summed E-state index contributed by atoms with van der Waals surface area (Å²) in [7, 11) is 0. The van der Waals surface area contributed by atoms with Gasteiger partial charge in [0, 0.05) is 17.1 Å². The average molecular weight is 284 g/mol. The molecule has 15 heavy (non-hydrogen) atoms. The van der Waals surface area contributed by atoms with Crippen LogP contribution in [-0.4, -0.2) is 10.1 Å². The molecule has 1 N–H and O–H groups in total. The molecule has 2 rings (SSSR count). The molecule has 0 bridgehead atoms. The Bertz CT molecular complexity index is 430. The summed E-state index contributed by atoms with van der Waals surface area (Å²) in [5, 5.41) is 9.94. The summed E-state index contributed by atoms with van der Waals surface area (Å²) in [5.41, 5.74) is 2.84. The Hall–Kier alpha value is -0.710. The van der Waals surface area contributed by atoms with Crippen molar-refractivity contribution in [3.8, 4) is 0 Å². The molecule has 0 saturated carbocycles. The van der Waals surface area contributed by atoms with Gasteiger partial charge in [-0.25, -0.2) is 0 Å². The number of aromatic nitrogens is 1. The molecule has 1 aromatic carbocycles. The molecule has 0 saturated heterocycles. The second-order valence-corrected chi connectivity index (χ2v) is 4.99. The number of aliphatic hydroxyl groups is 1. The largest absolute Gasteiger partial charge is 0.387 e. The first-order valence-corrected chi connectivity index (χ1v) is 6.24. The van der Waals surface area contributed by atoms with Gasteiger partial charge in [-0.2, -0.15) is 0 Å². The van der Waals surface area contributed by atoms with E-state index in [1.807, 2.05) is 24.3 Å². The molecule has 1 unspecified atom stereocenters. The van der Waals surface area contributed by atoms with Crippen molar-refractivity contribution >= 4 is 27.3 Å². The minimum Gasteiger partial charge on any atom is -0.387 e. The maximum absolute atomic E-state index is 9.94. The fourth-order valence-electron chi connectivity index (χ4n) is 1.36. The molecular weight excluding hydrogens is 274 g/mol. The van der Waals surface area contributed by atoms with Crippen molar-refractivity contribution in [3.63, 3.8) is 0 Å². The summed E-state index contributed by atoms with van der Waals surface area (Å²) in [5.74, 6) is 0. The van der Waals surface area contributed by atoms with Crippen molar-refractivity contribution in [2.24, 2.45) is 0 Å². The van der Waals surface area contributed by atoms with E-state index in [1.54, 1.807) is 11.7 Å². The van der Waals surface area contributed by atoms with Gasteiger partial charge in [-0.3, -0.25) is 4.98 Å². The van der Waals surface area contributed by atoms with Crippen molar-refractivity contribution in [1.29, 1.82) is 0 Å². The SMILES string of the molecule is OC(Cc1ccccc1Br)c1cncs1. The number of nitrogens with zero attached hydrogens (tertiary/aromatic N) is 1. The summed E-state index contributed by atoms with van der Waals surface area (Å²) in [4.78, 5) is 4.86. The topological polar surface area (TPSA) is 33.1 Å². The third-order valence-corrected chi connectivity index (χ3v) is 3.80. The zero-order chi connectivity index (χ0) is 10.7. The Morgan fingerprint density at radius 3 is 2.87 bits per heavy atom. The highest BCUT2D eigenvalue weighted by Crippen LogP contribution is 2.25. The zero-order valence-corrected chi connectivity index (χ0v) is 10.3. The van der Waals surface area contributed by atoms with Crippen LogP contribution in [0, 0.1) is 0 Å². The molecule has 1 aromatic heterocycles. The number of halogens is 1. The van der Waals surface area contributed by atoms with Crippen molar-refractivity contribution in [3.05, 3.63) is 50.9 Å². The number of rotatable bonds is 3. The van der Waals surface area contributed by atoms with Crippen LogP contribution in [0.1, 0.15) is 16.5 Å². The molecular formula is C11H10BrNOS. The maximum Gasteiger partial charge on any atom is 0.0938 e. The summed E-state index contributed by atoms with van der Waals surface area (Å²) < 4.78 is 1.04. The third kappa shape index (κ3) is 2.65. The van der Waals surface area contributed by atoms with Crippen LogP contribution < -0.4 is 0 Å². The molecule has 4 heteroatoms. The fourth-order valence-corrected chi connectivity index (χ4v) is 2.42. The third-order valence-electron chi connectivity index (χ3n) is 2.15. The highest BCUT2D eigenvalue weighted by Gasteiger charge is 2.11. The van der Waals surface area contributed by atoms with Gasteiger partial charge >= 0.3 is 0 Å². The Kier molecular flexibility index (Phi) is 3.51. The first-order chi connectivity index (χ1) is 7.27. The van der Waals surface area contributed by atoms with Crippen LogP contribution in [0.5, 0.6) is 0 Å². The smallest absolute Gasteiger partial charge is 0.0938 e. The van der Waals surface area contributed by atoms with Crippen molar-refractivity contribution in [2.75, 3.05) is 0 Å². The molecule has 0 aliphatic carbocycles. The second kappa shape index (κ2) is 4.88. The van der Waals surface area contributed by atoms with Gasteiger partial charge in [0.1, 0.15) is 0 Å². The van der Waals surface area contributed by atoms with Crippen molar-refractivity contribution in [2.45, 2.75) is 12.5 Å². The average Bonchev–Trinajstić information content (AvgIpc) is 2.74. The number of hydrogen-bond acceptors (Lipinski definition) is 3. The van der Waals surface area contributed by atoms with E-state index < -0.39 is 6.10 Å². The Morgan fingerprint density at radius 2 is 2.20 bits per heavy atom. The summed E-state index contributed by atoms with van der Waals surface area (Å²) in [6.07, 6.45) is 1.87. The van der Waals surface area contributed by atoms with Crippen LogP contribution in [0.3, 0.4) is 0 Å². The normalized spacial score (nSPS) is 12.7. The molecule has 2 aromatic rings. The van der Waals surface area contributed by atoms with Crippen LogP contribution in [0.15, 0.2) is 40.4 Å². The predicted molar refractivity (Wildman–Crippen MR) is 64.9 cm³/mol. The molecule has 2 nitrogen and oxygen atoms in total. The molecule has 0 spiro atoms. The van der Waals surface area contributed by atoms with Gasteiger partial charge < -0.3 is 5.11 Å². The molecule has 78 valence electrons. The van der Waals surface area contributed by atoms with Gasteiger partial charge in [-0.05, 0) is 11.6 Å². The molecule has 0 fully saturated rings. The Morgan fingerprint density at radius 1 is 1.40 bits per heavy atom. The molecule has 0 amide bonds.